The fourth-order valence-electron chi connectivity index (χ4n) is 3.44. The summed E-state index contributed by atoms with van der Waals surface area (Å²) < 4.78 is 99.6. The van der Waals surface area contributed by atoms with Gasteiger partial charge in [-0.3, -0.25) is 0 Å². The van der Waals surface area contributed by atoms with E-state index in [1.54, 1.807) is 39.0 Å². The lowest BCUT2D eigenvalue weighted by Gasteiger charge is -2.30. The molecule has 1 heterocycles. The molecule has 1 amide bonds. The van der Waals surface area contributed by atoms with Crippen LogP contribution in [0, 0.1) is 0 Å². The molecule has 15 heteroatoms. The van der Waals surface area contributed by atoms with Crippen molar-refractivity contribution in [2.75, 3.05) is 0 Å². The largest absolute Gasteiger partial charge is 0.444 e. The van der Waals surface area contributed by atoms with Gasteiger partial charge in [-0.1, -0.05) is 40.9 Å². The Bertz CT molecular complexity index is 1350. The molecule has 1 N–H and O–H groups in total. The van der Waals surface area contributed by atoms with Crippen LogP contribution in [0.2, 0.25) is 15.1 Å². The average Bonchev–Trinajstić information content (AvgIpc) is 3.24. The van der Waals surface area contributed by atoms with Gasteiger partial charge in [-0.15, -0.1) is 0 Å². The number of nitrogens with zero attached hydrogens (tertiary/aromatic N) is 2. The maximum atomic E-state index is 14.5. The van der Waals surface area contributed by atoms with E-state index < -0.39 is 45.3 Å². The van der Waals surface area contributed by atoms with Crippen molar-refractivity contribution in [2.24, 2.45) is 0 Å². The number of hydrogen-bond acceptors (Lipinski definition) is 3. The van der Waals surface area contributed by atoms with Gasteiger partial charge in [0.2, 0.25) is 0 Å². The maximum absolute atomic E-state index is 14.5. The zero-order valence-corrected chi connectivity index (χ0v) is 22.5. The van der Waals surface area contributed by atoms with Gasteiger partial charge >= 0.3 is 24.1 Å². The predicted octanol–water partition coefficient (Wildman–Crippen LogP) is 8.81. The van der Waals surface area contributed by atoms with Gasteiger partial charge in [-0.25, -0.2) is 13.9 Å². The van der Waals surface area contributed by atoms with Crippen LogP contribution in [-0.4, -0.2) is 33.8 Å². The normalized spacial score (nSPS) is 12.9. The fourth-order valence-corrected chi connectivity index (χ4v) is 4.28. The van der Waals surface area contributed by atoms with Crippen molar-refractivity contribution in [1.29, 1.82) is 0 Å². The lowest BCUT2D eigenvalue weighted by atomic mass is 9.94. The van der Waals surface area contributed by atoms with E-state index in [1.165, 1.54) is 12.4 Å². The highest BCUT2D eigenvalue weighted by Gasteiger charge is 2.73. The first kappa shape index (κ1) is 30.8. The van der Waals surface area contributed by atoms with Gasteiger partial charge in [0.1, 0.15) is 11.3 Å². The van der Waals surface area contributed by atoms with Crippen molar-refractivity contribution in [2.45, 2.75) is 50.9 Å². The van der Waals surface area contributed by atoms with E-state index in [0.29, 0.717) is 21.7 Å². The second-order valence-corrected chi connectivity index (χ2v) is 10.5. The first-order chi connectivity index (χ1) is 17.7. The van der Waals surface area contributed by atoms with Gasteiger partial charge in [0.25, 0.3) is 0 Å². The number of alkyl carbamates (subject to hydrolysis) is 1. The van der Waals surface area contributed by atoms with Gasteiger partial charge in [0.15, 0.2) is 0 Å². The highest BCUT2D eigenvalue weighted by Crippen LogP contribution is 2.54. The molecule has 5 nitrogen and oxygen atoms in total. The van der Waals surface area contributed by atoms with Crippen LogP contribution in [0.25, 0.3) is 16.8 Å². The molecular formula is C24H19Cl3F7N3O2. The Kier molecular flexibility index (Phi) is 8.46. The van der Waals surface area contributed by atoms with Crippen LogP contribution in [0.1, 0.15) is 31.9 Å². The summed E-state index contributed by atoms with van der Waals surface area (Å²) in [7, 11) is 0. The van der Waals surface area contributed by atoms with Crippen molar-refractivity contribution in [3.8, 4) is 16.8 Å². The lowest BCUT2D eigenvalue weighted by Crippen LogP contribution is -2.50. The Hall–Kier alpha value is -2.70. The molecule has 0 radical (unpaired) electrons. The number of carbonyl (C=O) groups is 1. The summed E-state index contributed by atoms with van der Waals surface area (Å²) in [4.78, 5) is 12.0. The van der Waals surface area contributed by atoms with Crippen LogP contribution < -0.4 is 5.32 Å². The summed E-state index contributed by atoms with van der Waals surface area (Å²) in [6.45, 7) is 5.11. The van der Waals surface area contributed by atoms with Gasteiger partial charge in [0, 0.05) is 28.9 Å². The van der Waals surface area contributed by atoms with E-state index in [-0.39, 0.29) is 24.4 Å². The third-order valence-electron chi connectivity index (χ3n) is 5.21. The predicted molar refractivity (Wildman–Crippen MR) is 132 cm³/mol. The topological polar surface area (TPSA) is 56.1 Å². The molecule has 3 aromatic rings. The molecule has 1 aromatic heterocycles. The summed E-state index contributed by atoms with van der Waals surface area (Å²) in [6.07, 6.45) is -10.7. The number of halogens is 10. The lowest BCUT2D eigenvalue weighted by molar-refractivity contribution is -0.348. The maximum Gasteiger partial charge on any atom is 0.435 e. The Labute approximate surface area is 232 Å². The molecule has 0 aliphatic carbocycles. The number of benzene rings is 2. The number of carbonyl (C=O) groups excluding carboxylic acids is 1. The van der Waals surface area contributed by atoms with Crippen molar-refractivity contribution in [1.82, 2.24) is 15.1 Å². The second-order valence-electron chi connectivity index (χ2n) is 9.28. The Morgan fingerprint density at radius 2 is 1.46 bits per heavy atom. The van der Waals surface area contributed by atoms with Crippen LogP contribution in [0.15, 0.2) is 42.7 Å². The van der Waals surface area contributed by atoms with Crippen molar-refractivity contribution in [3.63, 3.8) is 0 Å². The third-order valence-corrected chi connectivity index (χ3v) is 6.15. The van der Waals surface area contributed by atoms with Gasteiger partial charge < -0.3 is 10.1 Å². The number of amides is 1. The van der Waals surface area contributed by atoms with E-state index in [4.69, 9.17) is 39.5 Å². The van der Waals surface area contributed by atoms with E-state index in [0.717, 1.165) is 4.68 Å². The van der Waals surface area contributed by atoms with E-state index >= 15 is 0 Å². The molecule has 0 saturated heterocycles. The molecule has 212 valence electrons. The standard InChI is InChI=1S/C24H19Cl3F7N3O2/c1-21(2,3)39-20(38)35-9-13-6-12(4-5-16(13)25)14-10-36-37(11-14)19-17(26)7-15(8-18(19)27)22(28,23(29,30)31)24(32,33)34/h4-8,10-11H,9H2,1-3H3,(H,35,38). The first-order valence-corrected chi connectivity index (χ1v) is 12.0. The summed E-state index contributed by atoms with van der Waals surface area (Å²) >= 11 is 18.2. The van der Waals surface area contributed by atoms with Crippen molar-refractivity contribution < 1.29 is 40.3 Å². The Balaban J connectivity index is 1.94. The summed E-state index contributed by atoms with van der Waals surface area (Å²) in [5.74, 6) is 0. The fraction of sp³-hybridized carbons (Fsp3) is 0.333. The number of nitrogens with one attached hydrogen (secondary N) is 1. The number of hydrogen-bond donors (Lipinski definition) is 1. The van der Waals surface area contributed by atoms with Crippen molar-refractivity contribution in [3.05, 3.63) is 68.9 Å². The van der Waals surface area contributed by atoms with E-state index in [1.807, 2.05) is 0 Å². The SMILES string of the molecule is CC(C)(C)OC(=O)NCc1cc(-c2cnn(-c3c(Cl)cc(C(F)(C(F)(F)F)C(F)(F)F)cc3Cl)c2)ccc1Cl. The number of alkyl halides is 7. The average molecular weight is 621 g/mol. The van der Waals surface area contributed by atoms with Crippen LogP contribution in [0.3, 0.4) is 0 Å². The Morgan fingerprint density at radius 1 is 0.897 bits per heavy atom. The second kappa shape index (κ2) is 10.7. The van der Waals surface area contributed by atoms with Crippen LogP contribution in [0.5, 0.6) is 0 Å². The highest BCUT2D eigenvalue weighted by atomic mass is 35.5. The highest BCUT2D eigenvalue weighted by molar-refractivity contribution is 6.38. The molecule has 3 rings (SSSR count). The molecule has 0 fully saturated rings. The zero-order valence-electron chi connectivity index (χ0n) is 20.2. The zero-order chi connectivity index (χ0) is 29.6. The minimum atomic E-state index is -6.33. The molecule has 0 unspecified atom stereocenters. The third kappa shape index (κ3) is 6.55. The number of aromatic nitrogens is 2. The van der Waals surface area contributed by atoms with Crippen LogP contribution in [0.4, 0.5) is 35.5 Å². The van der Waals surface area contributed by atoms with E-state index in [2.05, 4.69) is 10.4 Å². The summed E-state index contributed by atoms with van der Waals surface area (Å²) in [5, 5.41) is 5.51. The summed E-state index contributed by atoms with van der Waals surface area (Å²) in [5.41, 5.74) is -7.05. The quantitative estimate of drug-likeness (QED) is 0.290. The first-order valence-electron chi connectivity index (χ1n) is 10.9. The molecule has 2 aromatic carbocycles. The van der Waals surface area contributed by atoms with Crippen LogP contribution >= 0.6 is 34.8 Å². The molecule has 0 spiro atoms. The molecule has 39 heavy (non-hydrogen) atoms. The minimum Gasteiger partial charge on any atom is -0.444 e. The molecule has 0 aliphatic rings. The van der Waals surface area contributed by atoms with Gasteiger partial charge in [-0.05, 0) is 56.2 Å². The molecular weight excluding hydrogens is 602 g/mol. The van der Waals surface area contributed by atoms with E-state index in [9.17, 15) is 35.5 Å². The monoisotopic (exact) mass is 619 g/mol. The number of rotatable bonds is 5. The van der Waals surface area contributed by atoms with Gasteiger partial charge in [0.05, 0.1) is 16.2 Å². The molecule has 0 atom stereocenters. The molecule has 0 saturated carbocycles. The Morgan fingerprint density at radius 3 is 1.97 bits per heavy atom. The summed E-state index contributed by atoms with van der Waals surface area (Å²) in [6, 6.07) is 5.18. The minimum absolute atomic E-state index is 0.0121. The van der Waals surface area contributed by atoms with Crippen molar-refractivity contribution >= 4 is 40.9 Å². The van der Waals surface area contributed by atoms with Gasteiger partial charge in [-0.2, -0.15) is 31.4 Å². The smallest absolute Gasteiger partial charge is 0.435 e. The number of ether oxygens (including phenoxy) is 1. The molecule has 0 bridgehead atoms. The molecule has 0 aliphatic heterocycles. The van der Waals surface area contributed by atoms with Crippen LogP contribution in [-0.2, 0) is 17.0 Å².